The number of carbonyl (C=O) groups excluding carboxylic acids is 1. The van der Waals surface area contributed by atoms with Crippen molar-refractivity contribution >= 4 is 17.8 Å². The molecule has 3 rings (SSSR count). The molecule has 0 spiro atoms. The third kappa shape index (κ3) is 1.35. The molecule has 1 amide bonds. The Labute approximate surface area is 94.8 Å². The van der Waals surface area contributed by atoms with Crippen LogP contribution in [0.2, 0.25) is 0 Å². The normalized spacial score (nSPS) is 22.9. The quantitative estimate of drug-likeness (QED) is 0.652. The van der Waals surface area contributed by atoms with Gasteiger partial charge in [-0.3, -0.25) is 9.79 Å². The van der Waals surface area contributed by atoms with Crippen LogP contribution in [-0.4, -0.2) is 29.6 Å². The van der Waals surface area contributed by atoms with Crippen molar-refractivity contribution in [2.24, 2.45) is 4.99 Å². The number of nitrogens with zero attached hydrogens (tertiary/aromatic N) is 2. The number of carbonyl (C=O) groups is 1. The monoisotopic (exact) mass is 214 g/mol. The standard InChI is InChI=1S/C13H14N2O/c1-9-4-5-12-11(7-9)13(16)15-6-2-3-10(15)8-14-12/h4-5,7-8,10H,2-3,6H2,1H3. The van der Waals surface area contributed by atoms with Gasteiger partial charge in [0, 0.05) is 12.8 Å². The molecule has 0 N–H and O–H groups in total. The second kappa shape index (κ2) is 3.44. The van der Waals surface area contributed by atoms with Crippen LogP contribution >= 0.6 is 0 Å². The first-order valence-corrected chi connectivity index (χ1v) is 5.71. The minimum absolute atomic E-state index is 0.138. The summed E-state index contributed by atoms with van der Waals surface area (Å²) in [5.74, 6) is 0.138. The van der Waals surface area contributed by atoms with Gasteiger partial charge in [-0.1, -0.05) is 11.6 Å². The van der Waals surface area contributed by atoms with Crippen LogP contribution in [0.25, 0.3) is 0 Å². The summed E-state index contributed by atoms with van der Waals surface area (Å²) in [6.07, 6.45) is 4.05. The number of hydrogen-bond donors (Lipinski definition) is 0. The topological polar surface area (TPSA) is 32.7 Å². The third-order valence-electron chi connectivity index (χ3n) is 3.33. The maximum Gasteiger partial charge on any atom is 0.256 e. The lowest BCUT2D eigenvalue weighted by Crippen LogP contribution is -2.35. The van der Waals surface area contributed by atoms with Crippen molar-refractivity contribution in [3.63, 3.8) is 0 Å². The van der Waals surface area contributed by atoms with Gasteiger partial charge in [-0.05, 0) is 31.9 Å². The molecule has 0 radical (unpaired) electrons. The lowest BCUT2D eigenvalue weighted by Gasteiger charge is -2.19. The average Bonchev–Trinajstić information content (AvgIpc) is 2.70. The van der Waals surface area contributed by atoms with E-state index in [-0.39, 0.29) is 11.9 Å². The summed E-state index contributed by atoms with van der Waals surface area (Å²) in [6, 6.07) is 6.08. The van der Waals surface area contributed by atoms with Crippen LogP contribution in [0.5, 0.6) is 0 Å². The highest BCUT2D eigenvalue weighted by Gasteiger charge is 2.31. The predicted molar refractivity (Wildman–Crippen MR) is 63.4 cm³/mol. The van der Waals surface area contributed by atoms with Crippen LogP contribution in [0.3, 0.4) is 0 Å². The molecule has 1 aromatic carbocycles. The first kappa shape index (κ1) is 9.58. The zero-order valence-electron chi connectivity index (χ0n) is 9.31. The zero-order chi connectivity index (χ0) is 11.1. The summed E-state index contributed by atoms with van der Waals surface area (Å²) >= 11 is 0. The van der Waals surface area contributed by atoms with E-state index in [0.29, 0.717) is 0 Å². The molecule has 0 aliphatic carbocycles. The zero-order valence-corrected chi connectivity index (χ0v) is 9.31. The number of aryl methyl sites for hydroxylation is 1. The fraction of sp³-hybridized carbons (Fsp3) is 0.385. The fourth-order valence-electron chi connectivity index (χ4n) is 2.45. The first-order chi connectivity index (χ1) is 7.75. The molecule has 1 aromatic rings. The summed E-state index contributed by atoms with van der Waals surface area (Å²) in [7, 11) is 0. The number of benzene rings is 1. The highest BCUT2D eigenvalue weighted by atomic mass is 16.2. The molecule has 0 bridgehead atoms. The summed E-state index contributed by atoms with van der Waals surface area (Å²) in [4.78, 5) is 18.7. The summed E-state index contributed by atoms with van der Waals surface area (Å²) in [5.41, 5.74) is 2.67. The molecule has 0 saturated carbocycles. The van der Waals surface area contributed by atoms with Gasteiger partial charge >= 0.3 is 0 Å². The number of aliphatic imine (C=N–C) groups is 1. The molecule has 2 aliphatic heterocycles. The van der Waals surface area contributed by atoms with Crippen molar-refractivity contribution in [3.8, 4) is 0 Å². The molecule has 2 heterocycles. The van der Waals surface area contributed by atoms with E-state index in [9.17, 15) is 4.79 Å². The van der Waals surface area contributed by atoms with E-state index >= 15 is 0 Å². The highest BCUT2D eigenvalue weighted by molar-refractivity contribution is 6.02. The van der Waals surface area contributed by atoms with E-state index in [1.807, 2.05) is 36.2 Å². The minimum Gasteiger partial charge on any atom is -0.331 e. The Kier molecular flexibility index (Phi) is 2.06. The molecule has 82 valence electrons. The van der Waals surface area contributed by atoms with Crippen molar-refractivity contribution in [2.45, 2.75) is 25.8 Å². The van der Waals surface area contributed by atoms with Gasteiger partial charge in [0.2, 0.25) is 0 Å². The Balaban J connectivity index is 2.12. The largest absolute Gasteiger partial charge is 0.331 e. The smallest absolute Gasteiger partial charge is 0.256 e. The molecule has 0 aromatic heterocycles. The second-order valence-corrected chi connectivity index (χ2v) is 4.51. The lowest BCUT2D eigenvalue weighted by molar-refractivity contribution is 0.0775. The minimum atomic E-state index is 0.138. The van der Waals surface area contributed by atoms with Crippen LogP contribution in [0, 0.1) is 6.92 Å². The Morgan fingerprint density at radius 2 is 2.31 bits per heavy atom. The summed E-state index contributed by atoms with van der Waals surface area (Å²) in [6.45, 7) is 2.87. The Morgan fingerprint density at radius 3 is 3.19 bits per heavy atom. The molecule has 3 nitrogen and oxygen atoms in total. The Bertz CT molecular complexity index is 479. The highest BCUT2D eigenvalue weighted by Crippen LogP contribution is 2.29. The number of amides is 1. The van der Waals surface area contributed by atoms with Crippen LogP contribution in [0.15, 0.2) is 23.2 Å². The van der Waals surface area contributed by atoms with Gasteiger partial charge in [0.15, 0.2) is 0 Å². The summed E-state index contributed by atoms with van der Waals surface area (Å²) in [5, 5.41) is 0. The Hall–Kier alpha value is -1.64. The van der Waals surface area contributed by atoms with Crippen molar-refractivity contribution in [1.29, 1.82) is 0 Å². The van der Waals surface area contributed by atoms with Crippen molar-refractivity contribution in [1.82, 2.24) is 4.90 Å². The van der Waals surface area contributed by atoms with Crippen LogP contribution in [0.1, 0.15) is 28.8 Å². The number of hydrogen-bond acceptors (Lipinski definition) is 2. The fourth-order valence-corrected chi connectivity index (χ4v) is 2.45. The molecule has 1 unspecified atom stereocenters. The van der Waals surface area contributed by atoms with Gasteiger partial charge in [-0.15, -0.1) is 0 Å². The number of rotatable bonds is 0. The molecule has 2 aliphatic rings. The van der Waals surface area contributed by atoms with Gasteiger partial charge < -0.3 is 4.90 Å². The van der Waals surface area contributed by atoms with Crippen LogP contribution in [0.4, 0.5) is 5.69 Å². The molecular weight excluding hydrogens is 200 g/mol. The molecule has 16 heavy (non-hydrogen) atoms. The maximum atomic E-state index is 12.3. The average molecular weight is 214 g/mol. The van der Waals surface area contributed by atoms with Crippen LogP contribution in [-0.2, 0) is 0 Å². The molecule has 3 heteroatoms. The number of fused-ring (bicyclic) bond motifs is 2. The van der Waals surface area contributed by atoms with E-state index < -0.39 is 0 Å². The van der Waals surface area contributed by atoms with E-state index in [2.05, 4.69) is 4.99 Å². The van der Waals surface area contributed by atoms with Gasteiger partial charge in [-0.25, -0.2) is 0 Å². The maximum absolute atomic E-state index is 12.3. The van der Waals surface area contributed by atoms with E-state index in [1.165, 1.54) is 0 Å². The van der Waals surface area contributed by atoms with E-state index in [4.69, 9.17) is 0 Å². The van der Waals surface area contributed by atoms with E-state index in [0.717, 1.165) is 36.2 Å². The van der Waals surface area contributed by atoms with Gasteiger partial charge in [0.25, 0.3) is 5.91 Å². The van der Waals surface area contributed by atoms with Crippen molar-refractivity contribution < 1.29 is 4.79 Å². The molecule has 1 saturated heterocycles. The van der Waals surface area contributed by atoms with Gasteiger partial charge in [0.05, 0.1) is 17.3 Å². The van der Waals surface area contributed by atoms with Gasteiger partial charge in [-0.2, -0.15) is 0 Å². The third-order valence-corrected chi connectivity index (χ3v) is 3.33. The first-order valence-electron chi connectivity index (χ1n) is 5.71. The SMILES string of the molecule is Cc1ccc2c(c1)C(=O)N1CCCC1C=N2. The van der Waals surface area contributed by atoms with Crippen molar-refractivity contribution in [2.75, 3.05) is 6.54 Å². The Morgan fingerprint density at radius 1 is 1.44 bits per heavy atom. The predicted octanol–water partition coefficient (Wildman–Crippen LogP) is 2.32. The van der Waals surface area contributed by atoms with Crippen LogP contribution < -0.4 is 0 Å². The van der Waals surface area contributed by atoms with E-state index in [1.54, 1.807) is 0 Å². The molecule has 1 fully saturated rings. The molecule has 1 atom stereocenters. The van der Waals surface area contributed by atoms with Gasteiger partial charge in [0.1, 0.15) is 0 Å². The summed E-state index contributed by atoms with van der Waals surface area (Å²) < 4.78 is 0. The lowest BCUT2D eigenvalue weighted by atomic mass is 10.1. The second-order valence-electron chi connectivity index (χ2n) is 4.51. The molecular formula is C13H14N2O. The van der Waals surface area contributed by atoms with Crippen molar-refractivity contribution in [3.05, 3.63) is 29.3 Å².